The molecule has 1 aromatic heterocycles. The lowest BCUT2D eigenvalue weighted by atomic mass is 9.86. The summed E-state index contributed by atoms with van der Waals surface area (Å²) in [6, 6.07) is 28.5. The van der Waals surface area contributed by atoms with Crippen molar-refractivity contribution >= 4 is 58.6 Å². The molecule has 5 fully saturated rings. The number of nitrogens with zero attached hydrogens (tertiary/aromatic N) is 4. The number of para-hydroxylation sites is 1. The Labute approximate surface area is 407 Å². The van der Waals surface area contributed by atoms with Crippen molar-refractivity contribution in [1.82, 2.24) is 14.8 Å². The van der Waals surface area contributed by atoms with Crippen LogP contribution in [0.3, 0.4) is 0 Å². The number of carbonyl (C=O) groups is 3. The third-order valence-corrected chi connectivity index (χ3v) is 14.5. The van der Waals surface area contributed by atoms with E-state index in [0.717, 1.165) is 62.1 Å². The van der Waals surface area contributed by atoms with Crippen molar-refractivity contribution in [1.29, 1.82) is 0 Å². The first-order chi connectivity index (χ1) is 33.0. The molecule has 10 rings (SSSR count). The molecule has 68 heavy (non-hydrogen) atoms. The largest absolute Gasteiger partial charge is 0.489 e. The average molecular weight is 988 g/mol. The number of thioether (sulfide) groups is 1. The third-order valence-electron chi connectivity index (χ3n) is 12.7. The Morgan fingerprint density at radius 3 is 2.29 bits per heavy atom. The number of rotatable bonds is 18. The van der Waals surface area contributed by atoms with E-state index in [1.807, 2.05) is 54.6 Å². The number of hydrogen-bond acceptors (Lipinski definition) is 11. The molecule has 2 bridgehead atoms. The fourth-order valence-corrected chi connectivity index (χ4v) is 10.4. The van der Waals surface area contributed by atoms with Gasteiger partial charge >= 0.3 is 18.7 Å². The highest BCUT2D eigenvalue weighted by Gasteiger charge is 2.39. The van der Waals surface area contributed by atoms with Crippen LogP contribution < -0.4 is 19.1 Å². The molecule has 5 aromatic rings. The van der Waals surface area contributed by atoms with Gasteiger partial charge in [-0.05, 0) is 121 Å². The summed E-state index contributed by atoms with van der Waals surface area (Å²) in [5.74, 6) is 0.720. The third kappa shape index (κ3) is 11.8. The van der Waals surface area contributed by atoms with Gasteiger partial charge in [0, 0.05) is 48.9 Å². The maximum absolute atomic E-state index is 14.1. The minimum Gasteiger partial charge on any atom is -0.489 e. The molecule has 17 heteroatoms. The van der Waals surface area contributed by atoms with Crippen LogP contribution in [0.15, 0.2) is 109 Å². The number of fused-ring (bicyclic) bond motifs is 3. The summed E-state index contributed by atoms with van der Waals surface area (Å²) in [4.78, 5) is 51.4. The van der Waals surface area contributed by atoms with Crippen molar-refractivity contribution in [3.8, 4) is 17.2 Å². The van der Waals surface area contributed by atoms with Crippen molar-refractivity contribution in [2.75, 3.05) is 43.4 Å². The fraction of sp³-hybridized carbons (Fsp3) is 0.373. The number of halogens is 4. The zero-order valence-corrected chi connectivity index (χ0v) is 39.4. The van der Waals surface area contributed by atoms with E-state index in [1.165, 1.54) is 47.3 Å². The highest BCUT2D eigenvalue weighted by molar-refractivity contribution is 8.00. The monoisotopic (exact) mass is 986 g/mol. The molecule has 5 aliphatic rings. The summed E-state index contributed by atoms with van der Waals surface area (Å²) in [6.45, 7) is 0.931. The van der Waals surface area contributed by atoms with Crippen molar-refractivity contribution < 1.29 is 46.8 Å². The van der Waals surface area contributed by atoms with Crippen molar-refractivity contribution in [2.24, 2.45) is 11.8 Å². The SMILES string of the molecule is O=C(O[C@@H](Cc1c(Cl)cncc1Cl)c1ccc(OC(F)F)c(OCC2CC2)c1)[C@@H]1SCCN1C(=O)c1ccc(COc2cccc(CN(C(=O)O[C@H]3CN4CCC3CC4)c3ccccc3)c2)cc1. The standard InChI is InChI=1S/C51H50Cl2F2N4O8S/c52-41-26-56-27-42(53)40(41)25-44(37-15-16-43(66-50(54)55)45(24-37)64-31-32-9-10-32)65-49(61)48-58(21-22-68-48)47(60)36-13-11-33(12-14-36)30-63-39-8-4-5-34(23-39)28-59(38-6-2-1-3-7-38)51(62)67-46-29-57-19-17-35(46)18-20-57/h1-8,11-16,23-24,26-27,32,35,44,46,48,50H,9-10,17-22,25,28-31H2/t44-,46-,48-/m0/s1. The van der Waals surface area contributed by atoms with Gasteiger partial charge in [0.25, 0.3) is 5.91 Å². The summed E-state index contributed by atoms with van der Waals surface area (Å²) < 4.78 is 55.9. The molecule has 0 N–H and O–H groups in total. The van der Waals surface area contributed by atoms with Gasteiger partial charge in [0.15, 0.2) is 16.9 Å². The van der Waals surface area contributed by atoms with E-state index < -0.39 is 24.1 Å². The number of benzene rings is 4. The van der Waals surface area contributed by atoms with Gasteiger partial charge < -0.3 is 28.6 Å². The second-order valence-electron chi connectivity index (χ2n) is 17.4. The van der Waals surface area contributed by atoms with E-state index in [9.17, 15) is 23.2 Å². The number of anilines is 1. The summed E-state index contributed by atoms with van der Waals surface area (Å²) in [6.07, 6.45) is 5.40. The second kappa shape index (κ2) is 21.8. The maximum Gasteiger partial charge on any atom is 0.414 e. The van der Waals surface area contributed by atoms with E-state index in [2.05, 4.69) is 9.88 Å². The highest BCUT2D eigenvalue weighted by atomic mass is 35.5. The molecule has 0 unspecified atom stereocenters. The van der Waals surface area contributed by atoms with Crippen LogP contribution in [0.2, 0.25) is 10.0 Å². The fourth-order valence-electron chi connectivity index (χ4n) is 8.74. The van der Waals surface area contributed by atoms with E-state index in [1.54, 1.807) is 29.2 Å². The minimum atomic E-state index is -3.08. The number of aromatic nitrogens is 1. The first-order valence-electron chi connectivity index (χ1n) is 22.7. The van der Waals surface area contributed by atoms with Gasteiger partial charge in [-0.3, -0.25) is 19.6 Å². The minimum absolute atomic E-state index is 0.0166. The van der Waals surface area contributed by atoms with Crippen LogP contribution in [-0.2, 0) is 33.8 Å². The molecule has 3 atom stereocenters. The average Bonchev–Trinajstić information content (AvgIpc) is 4.06. The molecule has 5 heterocycles. The maximum atomic E-state index is 14.1. The lowest BCUT2D eigenvalue weighted by molar-refractivity contribution is -0.151. The molecule has 4 aliphatic heterocycles. The summed E-state index contributed by atoms with van der Waals surface area (Å²) in [5, 5.41) is -0.477. The van der Waals surface area contributed by atoms with Gasteiger partial charge in [-0.1, -0.05) is 71.7 Å². The van der Waals surface area contributed by atoms with Crippen LogP contribution in [0.1, 0.15) is 64.4 Å². The molecule has 0 radical (unpaired) electrons. The molecular formula is C51H50Cl2F2N4O8S. The predicted octanol–water partition coefficient (Wildman–Crippen LogP) is 10.6. The number of ether oxygens (including phenoxy) is 5. The Balaban J connectivity index is 0.846. The molecule has 2 amide bonds. The van der Waals surface area contributed by atoms with Gasteiger partial charge in [-0.2, -0.15) is 8.78 Å². The summed E-state index contributed by atoms with van der Waals surface area (Å²) >= 11 is 14.3. The predicted molar refractivity (Wildman–Crippen MR) is 255 cm³/mol. The lowest BCUT2D eigenvalue weighted by Crippen LogP contribution is -2.53. The van der Waals surface area contributed by atoms with Crippen LogP contribution in [0.4, 0.5) is 19.3 Å². The zero-order valence-electron chi connectivity index (χ0n) is 37.0. The normalized spacial score (nSPS) is 20.2. The molecule has 4 saturated heterocycles. The lowest BCUT2D eigenvalue weighted by Gasteiger charge is -2.44. The molecule has 1 saturated carbocycles. The van der Waals surface area contributed by atoms with E-state index in [-0.39, 0.29) is 59.2 Å². The number of esters is 1. The Kier molecular flexibility index (Phi) is 15.2. The van der Waals surface area contributed by atoms with Crippen molar-refractivity contribution in [3.63, 3.8) is 0 Å². The molecular weight excluding hydrogens is 938 g/mol. The highest BCUT2D eigenvalue weighted by Crippen LogP contribution is 2.39. The van der Waals surface area contributed by atoms with Crippen LogP contribution in [0.25, 0.3) is 0 Å². The van der Waals surface area contributed by atoms with E-state index in [0.29, 0.717) is 53.2 Å². The van der Waals surface area contributed by atoms with Crippen LogP contribution in [0.5, 0.6) is 17.2 Å². The number of alkyl halides is 2. The molecule has 1 aliphatic carbocycles. The number of amides is 2. The summed E-state index contributed by atoms with van der Waals surface area (Å²) in [5.41, 5.74) is 3.69. The Hall–Kier alpha value is -5.61. The van der Waals surface area contributed by atoms with Crippen LogP contribution in [-0.4, -0.2) is 89.4 Å². The Morgan fingerprint density at radius 1 is 0.824 bits per heavy atom. The van der Waals surface area contributed by atoms with Crippen molar-refractivity contribution in [3.05, 3.63) is 147 Å². The van der Waals surface area contributed by atoms with Gasteiger partial charge in [0.2, 0.25) is 0 Å². The zero-order chi connectivity index (χ0) is 47.1. The topological polar surface area (TPSA) is 120 Å². The summed E-state index contributed by atoms with van der Waals surface area (Å²) in [7, 11) is 0. The second-order valence-corrected chi connectivity index (χ2v) is 19.4. The van der Waals surface area contributed by atoms with Gasteiger partial charge in [0.05, 0.1) is 23.2 Å². The van der Waals surface area contributed by atoms with E-state index in [4.69, 9.17) is 46.9 Å². The Morgan fingerprint density at radius 2 is 1.59 bits per heavy atom. The Bertz CT molecular complexity index is 2550. The molecule has 0 spiro atoms. The molecule has 356 valence electrons. The van der Waals surface area contributed by atoms with Crippen LogP contribution >= 0.6 is 35.0 Å². The van der Waals surface area contributed by atoms with Crippen molar-refractivity contribution in [2.45, 2.75) is 69.4 Å². The smallest absolute Gasteiger partial charge is 0.414 e. The van der Waals surface area contributed by atoms with Gasteiger partial charge in [-0.15, -0.1) is 11.8 Å². The number of pyridine rings is 1. The first-order valence-corrected chi connectivity index (χ1v) is 24.5. The number of piperidine rings is 3. The van der Waals surface area contributed by atoms with Gasteiger partial charge in [0.1, 0.15) is 24.6 Å². The van der Waals surface area contributed by atoms with E-state index >= 15 is 0 Å². The quantitative estimate of drug-likeness (QED) is 0.0781. The van der Waals surface area contributed by atoms with Gasteiger partial charge in [-0.25, -0.2) is 9.59 Å². The molecule has 4 aromatic carbocycles. The number of carbonyl (C=O) groups excluding carboxylic acids is 3. The number of hydrogen-bond donors (Lipinski definition) is 0. The molecule has 12 nitrogen and oxygen atoms in total. The van der Waals surface area contributed by atoms with Crippen LogP contribution in [0, 0.1) is 11.8 Å². The first kappa shape index (κ1) is 47.5.